The molecule has 1 aliphatic carbocycles. The Hall–Kier alpha value is -0.180. The number of hydrogen-bond acceptors (Lipinski definition) is 1. The van der Waals surface area contributed by atoms with E-state index in [0.29, 0.717) is 0 Å². The van der Waals surface area contributed by atoms with Crippen molar-refractivity contribution in [2.24, 2.45) is 5.92 Å². The summed E-state index contributed by atoms with van der Waals surface area (Å²) in [6.45, 7) is 0.732. The van der Waals surface area contributed by atoms with Crippen LogP contribution in [0.3, 0.4) is 0 Å². The van der Waals surface area contributed by atoms with E-state index in [1.54, 1.807) is 7.05 Å². The standard InChI is InChI=1S/C6H11F2N/c1-9-4-5-2-6(7,8)3-5/h5,9H,2-4H2,1H3. The third-order valence-electron chi connectivity index (χ3n) is 1.67. The van der Waals surface area contributed by atoms with Crippen molar-refractivity contribution in [1.29, 1.82) is 0 Å². The molecule has 0 spiro atoms. The van der Waals surface area contributed by atoms with Crippen molar-refractivity contribution >= 4 is 0 Å². The maximum atomic E-state index is 12.1. The van der Waals surface area contributed by atoms with Gasteiger partial charge in [0, 0.05) is 12.8 Å². The highest BCUT2D eigenvalue weighted by Crippen LogP contribution is 2.41. The molecule has 54 valence electrons. The number of hydrogen-bond donors (Lipinski definition) is 1. The Morgan fingerprint density at radius 2 is 2.11 bits per heavy atom. The molecule has 1 aliphatic rings. The quantitative estimate of drug-likeness (QED) is 0.601. The minimum Gasteiger partial charge on any atom is -0.319 e. The summed E-state index contributed by atoms with van der Waals surface area (Å²) in [5.41, 5.74) is 0. The van der Waals surface area contributed by atoms with Crippen LogP contribution in [0.5, 0.6) is 0 Å². The van der Waals surface area contributed by atoms with E-state index in [2.05, 4.69) is 5.32 Å². The molecule has 3 heteroatoms. The van der Waals surface area contributed by atoms with Crippen LogP contribution in [0.2, 0.25) is 0 Å². The van der Waals surface area contributed by atoms with Gasteiger partial charge >= 0.3 is 0 Å². The molecule has 0 amide bonds. The molecule has 0 radical (unpaired) electrons. The highest BCUT2D eigenvalue weighted by Gasteiger charge is 2.44. The largest absolute Gasteiger partial charge is 0.319 e. The fraction of sp³-hybridized carbons (Fsp3) is 1.00. The van der Waals surface area contributed by atoms with Gasteiger partial charge in [0.25, 0.3) is 0 Å². The molecule has 1 nitrogen and oxygen atoms in total. The van der Waals surface area contributed by atoms with Gasteiger partial charge in [0.1, 0.15) is 0 Å². The fourth-order valence-corrected chi connectivity index (χ4v) is 1.22. The van der Waals surface area contributed by atoms with Crippen LogP contribution in [0.25, 0.3) is 0 Å². The first-order chi connectivity index (χ1) is 4.14. The van der Waals surface area contributed by atoms with Crippen LogP contribution in [0.15, 0.2) is 0 Å². The third kappa shape index (κ3) is 1.61. The van der Waals surface area contributed by atoms with E-state index in [4.69, 9.17) is 0 Å². The highest BCUT2D eigenvalue weighted by atomic mass is 19.3. The maximum Gasteiger partial charge on any atom is 0.248 e. The van der Waals surface area contributed by atoms with Gasteiger partial charge in [-0.3, -0.25) is 0 Å². The fourth-order valence-electron chi connectivity index (χ4n) is 1.22. The molecule has 0 aromatic heterocycles. The van der Waals surface area contributed by atoms with Crippen molar-refractivity contribution < 1.29 is 8.78 Å². The molecule has 0 aliphatic heterocycles. The number of nitrogens with one attached hydrogen (secondary N) is 1. The topological polar surface area (TPSA) is 12.0 Å². The average molecular weight is 135 g/mol. The molecule has 0 saturated heterocycles. The van der Waals surface area contributed by atoms with Gasteiger partial charge in [-0.1, -0.05) is 0 Å². The summed E-state index contributed by atoms with van der Waals surface area (Å²) in [4.78, 5) is 0. The molecule has 0 bridgehead atoms. The highest BCUT2D eigenvalue weighted by molar-refractivity contribution is 4.86. The zero-order valence-corrected chi connectivity index (χ0v) is 5.45. The SMILES string of the molecule is CNCC1CC(F)(F)C1. The van der Waals surface area contributed by atoms with E-state index >= 15 is 0 Å². The van der Waals surface area contributed by atoms with Crippen LogP contribution in [0.1, 0.15) is 12.8 Å². The molecular formula is C6H11F2N. The number of alkyl halides is 2. The summed E-state index contributed by atoms with van der Waals surface area (Å²) in [7, 11) is 1.79. The van der Waals surface area contributed by atoms with Crippen LogP contribution in [0.4, 0.5) is 8.78 Å². The van der Waals surface area contributed by atoms with Gasteiger partial charge in [0.05, 0.1) is 0 Å². The second-order valence-electron chi connectivity index (χ2n) is 2.69. The third-order valence-corrected chi connectivity index (χ3v) is 1.67. The molecule has 0 heterocycles. The second-order valence-corrected chi connectivity index (χ2v) is 2.69. The Morgan fingerprint density at radius 3 is 2.44 bits per heavy atom. The summed E-state index contributed by atoms with van der Waals surface area (Å²) >= 11 is 0. The molecule has 0 unspecified atom stereocenters. The van der Waals surface area contributed by atoms with Crippen molar-refractivity contribution in [2.75, 3.05) is 13.6 Å². The van der Waals surface area contributed by atoms with E-state index in [-0.39, 0.29) is 18.8 Å². The molecule has 1 rings (SSSR count). The van der Waals surface area contributed by atoms with E-state index in [1.165, 1.54) is 0 Å². The molecule has 9 heavy (non-hydrogen) atoms. The van der Waals surface area contributed by atoms with Crippen molar-refractivity contribution in [3.8, 4) is 0 Å². The first-order valence-electron chi connectivity index (χ1n) is 3.16. The van der Waals surface area contributed by atoms with Crippen molar-refractivity contribution in [3.05, 3.63) is 0 Å². The monoisotopic (exact) mass is 135 g/mol. The van der Waals surface area contributed by atoms with Gasteiger partial charge < -0.3 is 5.32 Å². The zero-order valence-electron chi connectivity index (χ0n) is 5.45. The smallest absolute Gasteiger partial charge is 0.248 e. The van der Waals surface area contributed by atoms with Crippen molar-refractivity contribution in [3.63, 3.8) is 0 Å². The van der Waals surface area contributed by atoms with Gasteiger partial charge in [-0.25, -0.2) is 8.78 Å². The molecule has 1 saturated carbocycles. The van der Waals surface area contributed by atoms with E-state index in [9.17, 15) is 8.78 Å². The van der Waals surface area contributed by atoms with E-state index < -0.39 is 5.92 Å². The van der Waals surface area contributed by atoms with Crippen molar-refractivity contribution in [1.82, 2.24) is 5.32 Å². The van der Waals surface area contributed by atoms with Gasteiger partial charge in [0.2, 0.25) is 5.92 Å². The predicted octanol–water partition coefficient (Wildman–Crippen LogP) is 1.25. The lowest BCUT2D eigenvalue weighted by Crippen LogP contribution is -2.40. The Kier molecular flexibility index (Phi) is 1.70. The molecule has 0 aromatic carbocycles. The predicted molar refractivity (Wildman–Crippen MR) is 31.6 cm³/mol. The Bertz CT molecular complexity index is 95.2. The minimum atomic E-state index is -2.35. The van der Waals surface area contributed by atoms with Gasteiger partial charge in [-0.15, -0.1) is 0 Å². The first kappa shape index (κ1) is 6.93. The molecule has 0 aromatic rings. The Labute approximate surface area is 53.4 Å². The lowest BCUT2D eigenvalue weighted by Gasteiger charge is -2.34. The van der Waals surface area contributed by atoms with Gasteiger partial charge in [0.15, 0.2) is 0 Å². The number of halogens is 2. The summed E-state index contributed by atoms with van der Waals surface area (Å²) < 4.78 is 24.2. The number of rotatable bonds is 2. The van der Waals surface area contributed by atoms with Gasteiger partial charge in [-0.2, -0.15) is 0 Å². The molecule has 1 fully saturated rings. The average Bonchev–Trinajstić information content (AvgIpc) is 1.62. The van der Waals surface area contributed by atoms with Crippen LogP contribution in [0, 0.1) is 5.92 Å². The maximum absolute atomic E-state index is 12.1. The first-order valence-corrected chi connectivity index (χ1v) is 3.16. The summed E-state index contributed by atoms with van der Waals surface area (Å²) in [6, 6.07) is 0. The van der Waals surface area contributed by atoms with E-state index in [0.717, 1.165) is 6.54 Å². The minimum absolute atomic E-state index is 0.0772. The molecule has 0 atom stereocenters. The van der Waals surface area contributed by atoms with Crippen LogP contribution in [-0.2, 0) is 0 Å². The van der Waals surface area contributed by atoms with Crippen LogP contribution >= 0.6 is 0 Å². The van der Waals surface area contributed by atoms with E-state index in [1.807, 2.05) is 0 Å². The van der Waals surface area contributed by atoms with Crippen LogP contribution in [-0.4, -0.2) is 19.5 Å². The normalized spacial score (nSPS) is 25.7. The summed E-state index contributed by atoms with van der Waals surface area (Å²) in [6.07, 6.45) is 0.154. The molecular weight excluding hydrogens is 124 g/mol. The van der Waals surface area contributed by atoms with Crippen LogP contribution < -0.4 is 5.32 Å². The zero-order chi connectivity index (χ0) is 6.91. The second kappa shape index (κ2) is 2.21. The Morgan fingerprint density at radius 1 is 1.56 bits per heavy atom. The summed E-state index contributed by atoms with van der Waals surface area (Å²) in [5.74, 6) is -2.13. The molecule has 1 N–H and O–H groups in total. The Balaban J connectivity index is 2.12. The lowest BCUT2D eigenvalue weighted by atomic mass is 9.81. The van der Waals surface area contributed by atoms with Gasteiger partial charge in [-0.05, 0) is 19.5 Å². The van der Waals surface area contributed by atoms with Crippen molar-refractivity contribution in [2.45, 2.75) is 18.8 Å². The summed E-state index contributed by atoms with van der Waals surface area (Å²) in [5, 5.41) is 2.87. The lowest BCUT2D eigenvalue weighted by molar-refractivity contribution is -0.108.